The number of nitrogens with zero attached hydrogens (tertiary/aromatic N) is 3. The molecule has 1 aromatic carbocycles. The highest BCUT2D eigenvalue weighted by atomic mass is 35.5. The third kappa shape index (κ3) is 4.82. The Kier molecular flexibility index (Phi) is 6.98. The van der Waals surface area contributed by atoms with E-state index in [1.54, 1.807) is 24.3 Å². The second kappa shape index (κ2) is 9.28. The first-order chi connectivity index (χ1) is 13.8. The Balaban J connectivity index is 1.92. The van der Waals surface area contributed by atoms with E-state index in [9.17, 15) is 9.59 Å². The van der Waals surface area contributed by atoms with E-state index in [1.165, 1.54) is 4.90 Å². The zero-order chi connectivity index (χ0) is 21.1. The number of benzene rings is 1. The van der Waals surface area contributed by atoms with Gasteiger partial charge in [-0.3, -0.25) is 14.5 Å². The maximum Gasteiger partial charge on any atom is 0.277 e. The Labute approximate surface area is 178 Å². The molecular formula is C22H30ClN3O3. The quantitative estimate of drug-likeness (QED) is 0.636. The average molecular weight is 420 g/mol. The summed E-state index contributed by atoms with van der Waals surface area (Å²) in [4.78, 5) is 32.2. The molecule has 158 valence electrons. The van der Waals surface area contributed by atoms with Gasteiger partial charge >= 0.3 is 0 Å². The first kappa shape index (κ1) is 21.8. The van der Waals surface area contributed by atoms with Crippen LogP contribution in [0.2, 0.25) is 5.02 Å². The van der Waals surface area contributed by atoms with E-state index >= 15 is 0 Å². The number of amides is 2. The maximum atomic E-state index is 13.3. The number of carbonyl (C=O) groups is 2. The summed E-state index contributed by atoms with van der Waals surface area (Å²) >= 11 is 6.03. The molecule has 0 atom stereocenters. The monoisotopic (exact) mass is 419 g/mol. The summed E-state index contributed by atoms with van der Waals surface area (Å²) in [5.74, 6) is -0.506. The smallest absolute Gasteiger partial charge is 0.277 e. The molecule has 0 bridgehead atoms. The van der Waals surface area contributed by atoms with Crippen molar-refractivity contribution in [2.24, 2.45) is 0 Å². The Morgan fingerprint density at radius 1 is 1.14 bits per heavy atom. The number of likely N-dealkylation sites (tertiary alicyclic amines) is 1. The number of hydrogen-bond acceptors (Lipinski definition) is 5. The number of hydrogen-bond donors (Lipinski definition) is 0. The largest absolute Gasteiger partial charge is 0.377 e. The standard InChI is InChI=1S/C22H30ClN3O3/c1-15(2)29-14-13-26-21(27)19(16-5-7-17(23)8-6-16)20(22(26)28)25(4)18-9-11-24(3)12-10-18/h5-8,15,18H,9-14H2,1-4H3. The van der Waals surface area contributed by atoms with Crippen molar-refractivity contribution < 1.29 is 14.3 Å². The molecule has 0 aromatic heterocycles. The molecule has 2 amide bonds. The van der Waals surface area contributed by atoms with Crippen LogP contribution in [0, 0.1) is 0 Å². The number of likely N-dealkylation sites (N-methyl/N-ethyl adjacent to an activating group) is 1. The van der Waals surface area contributed by atoms with E-state index in [4.69, 9.17) is 16.3 Å². The van der Waals surface area contributed by atoms with Crippen LogP contribution in [-0.4, -0.2) is 79.0 Å². The zero-order valence-corrected chi connectivity index (χ0v) is 18.4. The fraction of sp³-hybridized carbons (Fsp3) is 0.545. The minimum atomic E-state index is -0.264. The molecule has 0 spiro atoms. The van der Waals surface area contributed by atoms with Gasteiger partial charge in [-0.15, -0.1) is 0 Å². The van der Waals surface area contributed by atoms with Gasteiger partial charge in [0, 0.05) is 18.1 Å². The second-order valence-corrected chi connectivity index (χ2v) is 8.49. The average Bonchev–Trinajstić information content (AvgIpc) is 2.93. The third-order valence-electron chi connectivity index (χ3n) is 5.63. The lowest BCUT2D eigenvalue weighted by molar-refractivity contribution is -0.138. The van der Waals surface area contributed by atoms with Crippen molar-refractivity contribution in [3.05, 3.63) is 40.5 Å². The van der Waals surface area contributed by atoms with Crippen LogP contribution in [0.1, 0.15) is 32.3 Å². The SMILES string of the molecule is CC(C)OCCN1C(=O)C(c2ccc(Cl)cc2)=C(N(C)C2CCN(C)CC2)C1=O. The minimum absolute atomic E-state index is 0.0490. The van der Waals surface area contributed by atoms with Gasteiger partial charge in [0.1, 0.15) is 5.70 Å². The van der Waals surface area contributed by atoms with Crippen molar-refractivity contribution >= 4 is 29.0 Å². The highest BCUT2D eigenvalue weighted by Gasteiger charge is 2.42. The van der Waals surface area contributed by atoms with Crippen LogP contribution in [0.15, 0.2) is 30.0 Å². The van der Waals surface area contributed by atoms with Gasteiger partial charge in [-0.05, 0) is 64.5 Å². The summed E-state index contributed by atoms with van der Waals surface area (Å²) < 4.78 is 5.58. The van der Waals surface area contributed by atoms with Crippen LogP contribution < -0.4 is 0 Å². The van der Waals surface area contributed by atoms with Gasteiger partial charge in [-0.25, -0.2) is 0 Å². The number of halogens is 1. The first-order valence-corrected chi connectivity index (χ1v) is 10.6. The lowest BCUT2D eigenvalue weighted by atomic mass is 10.0. The number of ether oxygens (including phenoxy) is 1. The minimum Gasteiger partial charge on any atom is -0.377 e. The molecule has 2 aliphatic heterocycles. The van der Waals surface area contributed by atoms with Crippen LogP contribution in [-0.2, 0) is 14.3 Å². The summed E-state index contributed by atoms with van der Waals surface area (Å²) in [6.07, 6.45) is 1.97. The molecule has 3 rings (SSSR count). The Morgan fingerprint density at radius 2 is 1.76 bits per heavy atom. The lowest BCUT2D eigenvalue weighted by Crippen LogP contribution is -2.44. The summed E-state index contributed by atoms with van der Waals surface area (Å²) in [6, 6.07) is 7.34. The molecule has 2 aliphatic rings. The van der Waals surface area contributed by atoms with Crippen LogP contribution in [0.4, 0.5) is 0 Å². The molecule has 0 radical (unpaired) electrons. The van der Waals surface area contributed by atoms with Crippen molar-refractivity contribution in [3.8, 4) is 0 Å². The van der Waals surface area contributed by atoms with Crippen LogP contribution >= 0.6 is 11.6 Å². The van der Waals surface area contributed by atoms with Gasteiger partial charge in [-0.1, -0.05) is 23.7 Å². The number of rotatable bonds is 7. The molecule has 2 heterocycles. The van der Waals surface area contributed by atoms with E-state index in [-0.39, 0.29) is 30.5 Å². The summed E-state index contributed by atoms with van der Waals surface area (Å²) in [6.45, 7) is 6.40. The number of imide groups is 1. The molecule has 7 heteroatoms. The van der Waals surface area contributed by atoms with E-state index in [0.29, 0.717) is 22.9 Å². The predicted octanol–water partition coefficient (Wildman–Crippen LogP) is 2.87. The van der Waals surface area contributed by atoms with Crippen molar-refractivity contribution in [3.63, 3.8) is 0 Å². The summed E-state index contributed by atoms with van der Waals surface area (Å²) in [5.41, 5.74) is 1.66. The molecule has 6 nitrogen and oxygen atoms in total. The van der Waals surface area contributed by atoms with Crippen LogP contribution in [0.3, 0.4) is 0 Å². The maximum absolute atomic E-state index is 13.3. The van der Waals surface area contributed by atoms with Gasteiger partial charge < -0.3 is 14.5 Å². The van der Waals surface area contributed by atoms with Gasteiger partial charge in [-0.2, -0.15) is 0 Å². The van der Waals surface area contributed by atoms with Gasteiger partial charge in [0.15, 0.2) is 0 Å². The molecular weight excluding hydrogens is 390 g/mol. The second-order valence-electron chi connectivity index (χ2n) is 8.06. The van der Waals surface area contributed by atoms with Crippen molar-refractivity contribution in [1.29, 1.82) is 0 Å². The highest BCUT2D eigenvalue weighted by Crippen LogP contribution is 2.33. The topological polar surface area (TPSA) is 53.1 Å². The highest BCUT2D eigenvalue weighted by molar-refractivity contribution is 6.36. The van der Waals surface area contributed by atoms with Gasteiger partial charge in [0.25, 0.3) is 11.8 Å². The van der Waals surface area contributed by atoms with E-state index < -0.39 is 0 Å². The molecule has 29 heavy (non-hydrogen) atoms. The molecule has 0 saturated carbocycles. The fourth-order valence-corrected chi connectivity index (χ4v) is 4.04. The lowest BCUT2D eigenvalue weighted by Gasteiger charge is -2.36. The van der Waals surface area contributed by atoms with E-state index in [0.717, 1.165) is 31.5 Å². The Hall–Kier alpha value is -1.89. The summed E-state index contributed by atoms with van der Waals surface area (Å²) in [5, 5.41) is 0.596. The molecule has 1 fully saturated rings. The van der Waals surface area contributed by atoms with Gasteiger partial charge in [0.05, 0.1) is 24.8 Å². The molecule has 0 unspecified atom stereocenters. The molecule has 0 aliphatic carbocycles. The van der Waals surface area contributed by atoms with Crippen LogP contribution in [0.25, 0.3) is 5.57 Å². The first-order valence-electron chi connectivity index (χ1n) is 10.2. The third-order valence-corrected chi connectivity index (χ3v) is 5.88. The molecule has 1 aromatic rings. The number of piperidine rings is 1. The Morgan fingerprint density at radius 3 is 2.34 bits per heavy atom. The fourth-order valence-electron chi connectivity index (χ4n) is 3.91. The predicted molar refractivity (Wildman–Crippen MR) is 114 cm³/mol. The van der Waals surface area contributed by atoms with Crippen molar-refractivity contribution in [2.45, 2.75) is 38.8 Å². The molecule has 0 N–H and O–H groups in total. The van der Waals surface area contributed by atoms with E-state index in [2.05, 4.69) is 11.9 Å². The molecule has 1 saturated heterocycles. The van der Waals surface area contributed by atoms with Crippen molar-refractivity contribution in [2.75, 3.05) is 40.3 Å². The zero-order valence-electron chi connectivity index (χ0n) is 17.7. The Bertz CT molecular complexity index is 783. The summed E-state index contributed by atoms with van der Waals surface area (Å²) in [7, 11) is 4.04. The number of carbonyl (C=O) groups excluding carboxylic acids is 2. The van der Waals surface area contributed by atoms with Crippen LogP contribution in [0.5, 0.6) is 0 Å². The van der Waals surface area contributed by atoms with Crippen molar-refractivity contribution in [1.82, 2.24) is 14.7 Å². The van der Waals surface area contributed by atoms with Gasteiger partial charge in [0.2, 0.25) is 0 Å². The normalized spacial score (nSPS) is 19.0. The van der Waals surface area contributed by atoms with E-state index in [1.807, 2.05) is 25.8 Å².